The van der Waals surface area contributed by atoms with Gasteiger partial charge in [-0.3, -0.25) is 0 Å². The van der Waals surface area contributed by atoms with E-state index in [1.807, 2.05) is 30.3 Å². The van der Waals surface area contributed by atoms with Crippen LogP contribution in [0.2, 0.25) is 0 Å². The summed E-state index contributed by atoms with van der Waals surface area (Å²) in [4.78, 5) is 12.8. The van der Waals surface area contributed by atoms with Crippen LogP contribution in [0.4, 0.5) is 0 Å². The average molecular weight is 523 g/mol. The van der Waals surface area contributed by atoms with Gasteiger partial charge in [0.1, 0.15) is 17.8 Å². The quantitative estimate of drug-likeness (QED) is 0.299. The fourth-order valence-electron chi connectivity index (χ4n) is 10.5. The minimum absolute atomic E-state index is 0.0551. The van der Waals surface area contributed by atoms with Crippen molar-refractivity contribution in [3.8, 4) is 0 Å². The molecule has 5 fully saturated rings. The zero-order valence-electron chi connectivity index (χ0n) is 24.3. The Morgan fingerprint density at radius 2 is 1.79 bits per heavy atom. The molecule has 1 saturated heterocycles. The van der Waals surface area contributed by atoms with Crippen LogP contribution in [-0.4, -0.2) is 35.0 Å². The van der Waals surface area contributed by atoms with E-state index in [0.29, 0.717) is 28.7 Å². The summed E-state index contributed by atoms with van der Waals surface area (Å²) in [5.74, 6) is 3.53. The summed E-state index contributed by atoms with van der Waals surface area (Å²) in [5.41, 5.74) is 0.673. The van der Waals surface area contributed by atoms with Crippen molar-refractivity contribution in [3.63, 3.8) is 0 Å². The van der Waals surface area contributed by atoms with Crippen molar-refractivity contribution in [1.29, 1.82) is 0 Å². The molecule has 1 aromatic rings. The molecule has 1 heterocycles. The Labute approximate surface area is 230 Å². The molecule has 1 aromatic carbocycles. The van der Waals surface area contributed by atoms with Gasteiger partial charge in [0.15, 0.2) is 0 Å². The van der Waals surface area contributed by atoms with Crippen LogP contribution < -0.4 is 0 Å². The summed E-state index contributed by atoms with van der Waals surface area (Å²) in [6, 6.07) is 9.30. The van der Waals surface area contributed by atoms with Crippen LogP contribution >= 0.6 is 0 Å². The predicted molar refractivity (Wildman–Crippen MR) is 150 cm³/mol. The summed E-state index contributed by atoms with van der Waals surface area (Å²) >= 11 is 0. The lowest BCUT2D eigenvalue weighted by Gasteiger charge is -2.60. The van der Waals surface area contributed by atoms with Gasteiger partial charge in [-0.1, -0.05) is 72.1 Å². The van der Waals surface area contributed by atoms with Gasteiger partial charge >= 0.3 is 5.97 Å². The molecule has 0 radical (unpaired) electrons. The molecular formula is C34H50O4. The maximum atomic E-state index is 12.8. The number of hydrogen-bond donors (Lipinski definition) is 1. The Hall–Kier alpha value is -1.39. The number of carbonyl (C=O) groups excluding carboxylic acids is 1. The van der Waals surface area contributed by atoms with Gasteiger partial charge < -0.3 is 14.6 Å². The van der Waals surface area contributed by atoms with Crippen LogP contribution in [-0.2, 0) is 9.47 Å². The molecule has 1 aliphatic heterocycles. The van der Waals surface area contributed by atoms with E-state index in [-0.39, 0.29) is 29.2 Å². The number of aliphatic hydroxyl groups is 1. The van der Waals surface area contributed by atoms with Crippen LogP contribution in [0.15, 0.2) is 30.3 Å². The second-order valence-electron chi connectivity index (χ2n) is 14.8. The Morgan fingerprint density at radius 1 is 1.03 bits per heavy atom. The molecule has 5 aliphatic rings. The lowest BCUT2D eigenvalue weighted by atomic mass is 9.43. The first-order valence-electron chi connectivity index (χ1n) is 15.7. The zero-order valence-corrected chi connectivity index (χ0v) is 24.3. The van der Waals surface area contributed by atoms with E-state index in [2.05, 4.69) is 34.6 Å². The van der Waals surface area contributed by atoms with Gasteiger partial charge in [-0.15, -0.1) is 0 Å². The van der Waals surface area contributed by atoms with Crippen molar-refractivity contribution in [2.75, 3.05) is 0 Å². The largest absolute Gasteiger partial charge is 0.459 e. The molecule has 0 bridgehead atoms. The standard InChI is InChI=1S/C34H50O4/c1-21(2)10-9-11-22(3)25-14-15-26-28-27(17-18-32(25,26)4)33(5)19-16-24(20-34(33)30(38-34)29(28)35)37-31(36)23-12-7-6-8-13-23/h6-8,12-13,21-22,24-30,35H,9-11,14-20H2,1-5H3/t22-,24+,25+,26-,27-,28-,29+,30+,32-,33-,34+/m1/s1. The maximum Gasteiger partial charge on any atom is 0.338 e. The van der Waals surface area contributed by atoms with Crippen LogP contribution in [0, 0.1) is 46.3 Å². The van der Waals surface area contributed by atoms with Gasteiger partial charge in [-0.25, -0.2) is 4.79 Å². The summed E-state index contributed by atoms with van der Waals surface area (Å²) < 4.78 is 12.6. The van der Waals surface area contributed by atoms with Crippen molar-refractivity contribution in [2.45, 2.75) is 123 Å². The molecule has 1 spiro atoms. The molecule has 1 N–H and O–H groups in total. The summed E-state index contributed by atoms with van der Waals surface area (Å²) in [7, 11) is 0. The molecule has 0 unspecified atom stereocenters. The SMILES string of the molecule is CC(C)CCC[C@@H](C)[C@@H]1CC[C@@H]2[C@H]3[C@H](O)[C@@H]4O[C@@]45C[C@@H](OC(=O)c4ccccc4)CC[C@]5(C)[C@@H]3CC[C@@]21C. The number of hydrogen-bond acceptors (Lipinski definition) is 4. The van der Waals surface area contributed by atoms with E-state index in [0.717, 1.165) is 37.0 Å². The van der Waals surface area contributed by atoms with E-state index in [1.54, 1.807) is 0 Å². The van der Waals surface area contributed by atoms with Crippen molar-refractivity contribution < 1.29 is 19.4 Å². The van der Waals surface area contributed by atoms with Crippen molar-refractivity contribution in [2.24, 2.45) is 46.3 Å². The van der Waals surface area contributed by atoms with Gasteiger partial charge in [0, 0.05) is 11.8 Å². The second kappa shape index (κ2) is 9.61. The first kappa shape index (κ1) is 26.8. The fraction of sp³-hybridized carbons (Fsp3) is 0.794. The smallest absolute Gasteiger partial charge is 0.338 e. The minimum Gasteiger partial charge on any atom is -0.459 e. The molecule has 11 atom stereocenters. The van der Waals surface area contributed by atoms with Crippen LogP contribution in [0.5, 0.6) is 0 Å². The highest BCUT2D eigenvalue weighted by Crippen LogP contribution is 2.74. The predicted octanol–water partition coefficient (Wildman–Crippen LogP) is 7.44. The summed E-state index contributed by atoms with van der Waals surface area (Å²) in [6.45, 7) is 12.2. The Morgan fingerprint density at radius 3 is 2.53 bits per heavy atom. The first-order chi connectivity index (χ1) is 18.1. The molecule has 6 rings (SSSR count). The van der Waals surface area contributed by atoms with E-state index in [4.69, 9.17) is 9.47 Å². The van der Waals surface area contributed by atoms with Gasteiger partial charge in [-0.05, 0) is 91.6 Å². The highest BCUT2D eigenvalue weighted by Gasteiger charge is 2.79. The summed E-state index contributed by atoms with van der Waals surface area (Å²) in [5, 5.41) is 11.9. The second-order valence-corrected chi connectivity index (χ2v) is 14.8. The Kier molecular flexibility index (Phi) is 6.78. The highest BCUT2D eigenvalue weighted by molar-refractivity contribution is 5.89. The fourth-order valence-corrected chi connectivity index (χ4v) is 10.5. The lowest BCUT2D eigenvalue weighted by molar-refractivity contribution is -0.151. The van der Waals surface area contributed by atoms with Crippen LogP contribution in [0.3, 0.4) is 0 Å². The number of carbonyl (C=O) groups is 1. The molecule has 0 amide bonds. The van der Waals surface area contributed by atoms with Gasteiger partial charge in [0.2, 0.25) is 0 Å². The average Bonchev–Trinajstić information content (AvgIpc) is 3.51. The van der Waals surface area contributed by atoms with Crippen molar-refractivity contribution in [1.82, 2.24) is 0 Å². The molecular weight excluding hydrogens is 472 g/mol. The first-order valence-corrected chi connectivity index (χ1v) is 15.7. The Bertz CT molecular complexity index is 1020. The minimum atomic E-state index is -0.392. The number of aliphatic hydroxyl groups excluding tert-OH is 1. The lowest BCUT2D eigenvalue weighted by Crippen LogP contribution is -2.63. The molecule has 4 saturated carbocycles. The third-order valence-electron chi connectivity index (χ3n) is 12.6. The number of fused-ring (bicyclic) bond motifs is 4. The Balaban J connectivity index is 1.17. The normalized spacial score (nSPS) is 45.9. The molecule has 0 aromatic heterocycles. The maximum absolute atomic E-state index is 12.8. The van der Waals surface area contributed by atoms with E-state index in [9.17, 15) is 9.90 Å². The topological polar surface area (TPSA) is 59.1 Å². The zero-order chi connectivity index (χ0) is 26.9. The van der Waals surface area contributed by atoms with Gasteiger partial charge in [0.25, 0.3) is 0 Å². The molecule has 4 aliphatic carbocycles. The van der Waals surface area contributed by atoms with E-state index in [1.165, 1.54) is 44.9 Å². The van der Waals surface area contributed by atoms with Crippen LogP contribution in [0.25, 0.3) is 0 Å². The van der Waals surface area contributed by atoms with Crippen molar-refractivity contribution >= 4 is 5.97 Å². The third-order valence-corrected chi connectivity index (χ3v) is 12.6. The highest BCUT2D eigenvalue weighted by atomic mass is 16.6. The number of rotatable bonds is 7. The molecule has 4 nitrogen and oxygen atoms in total. The van der Waals surface area contributed by atoms with Crippen molar-refractivity contribution in [3.05, 3.63) is 35.9 Å². The summed E-state index contributed by atoms with van der Waals surface area (Å²) in [6.07, 6.45) is 11.1. The number of esters is 1. The molecule has 38 heavy (non-hydrogen) atoms. The third kappa shape index (κ3) is 4.02. The van der Waals surface area contributed by atoms with E-state index >= 15 is 0 Å². The monoisotopic (exact) mass is 522 g/mol. The van der Waals surface area contributed by atoms with Gasteiger partial charge in [0.05, 0.1) is 11.7 Å². The van der Waals surface area contributed by atoms with Crippen LogP contribution in [0.1, 0.15) is 109 Å². The molecule has 4 heteroatoms. The number of ether oxygens (including phenoxy) is 2. The number of benzene rings is 1. The number of epoxide rings is 1. The van der Waals surface area contributed by atoms with Gasteiger partial charge in [-0.2, -0.15) is 0 Å². The van der Waals surface area contributed by atoms with E-state index < -0.39 is 6.10 Å². The molecule has 210 valence electrons.